The lowest BCUT2D eigenvalue weighted by atomic mass is 9.85. The van der Waals surface area contributed by atoms with Crippen molar-refractivity contribution in [1.29, 1.82) is 0 Å². The molecule has 0 aliphatic carbocycles. The quantitative estimate of drug-likeness (QED) is 0.796. The van der Waals surface area contributed by atoms with Crippen molar-refractivity contribution in [2.75, 3.05) is 19.3 Å². The molecule has 1 aliphatic heterocycles. The molecule has 1 amide bonds. The second-order valence-electron chi connectivity index (χ2n) is 6.95. The van der Waals surface area contributed by atoms with Crippen LogP contribution in [0.1, 0.15) is 13.8 Å². The van der Waals surface area contributed by atoms with Crippen molar-refractivity contribution in [2.24, 2.45) is 7.05 Å². The first-order chi connectivity index (χ1) is 11.1. The number of imidazole rings is 1. The summed E-state index contributed by atoms with van der Waals surface area (Å²) < 4.78 is 8.51. The third kappa shape index (κ3) is 2.25. The predicted octanol–water partition coefficient (Wildman–Crippen LogP) is 0.514. The summed E-state index contributed by atoms with van der Waals surface area (Å²) in [6.45, 7) is 3.36. The largest absolute Gasteiger partial charge is 0.436 e. The number of fused-ring (bicyclic) bond motifs is 1. The number of carbonyl (C=O) groups excluding carboxylic acids is 1. The number of hydrogen-bond acceptors (Lipinski definition) is 5. The number of nitrogens with zero attached hydrogens (tertiary/aromatic N) is 3. The molecule has 0 spiro atoms. The van der Waals surface area contributed by atoms with Gasteiger partial charge < -0.3 is 20.5 Å². The molecule has 130 valence electrons. The van der Waals surface area contributed by atoms with Gasteiger partial charge in [-0.05, 0) is 32.0 Å². The molecule has 8 nitrogen and oxygen atoms in total. The number of aliphatic hydroxyl groups is 1. The number of anilines is 1. The number of rotatable bonds is 3. The summed E-state index contributed by atoms with van der Waals surface area (Å²) >= 11 is 0. The Morgan fingerprint density at radius 1 is 1.29 bits per heavy atom. The van der Waals surface area contributed by atoms with E-state index >= 15 is 0 Å². The van der Waals surface area contributed by atoms with Crippen LogP contribution in [0.5, 0.6) is 0 Å². The fraction of sp³-hybridized carbons (Fsp3) is 0.500. The van der Waals surface area contributed by atoms with Gasteiger partial charge in [-0.1, -0.05) is 0 Å². The maximum atomic E-state index is 12.7. The number of cyclic esters (lactones) is 1. The van der Waals surface area contributed by atoms with Gasteiger partial charge in [0.1, 0.15) is 5.60 Å². The van der Waals surface area contributed by atoms with Crippen molar-refractivity contribution in [3.8, 4) is 0 Å². The summed E-state index contributed by atoms with van der Waals surface area (Å²) in [4.78, 5) is 26.0. The average Bonchev–Trinajstić information content (AvgIpc) is 2.89. The standard InChI is InChI=1S/C16H22N4O4/c1-15(2,23)16(8-18(3)14(22)24-16)9-20-12-7-10(17)5-6-11(12)19(4)13(20)21/h5-7,23H,8-9,17H2,1-4H3. The summed E-state index contributed by atoms with van der Waals surface area (Å²) in [5.41, 5.74) is 4.91. The normalized spacial score (nSPS) is 21.5. The third-order valence-corrected chi connectivity index (χ3v) is 4.78. The van der Waals surface area contributed by atoms with Gasteiger partial charge in [-0.25, -0.2) is 9.59 Å². The number of benzene rings is 1. The van der Waals surface area contributed by atoms with Crippen LogP contribution in [0.3, 0.4) is 0 Å². The number of carbonyl (C=O) groups is 1. The number of nitrogen functional groups attached to an aromatic ring is 1. The Kier molecular flexibility index (Phi) is 3.42. The van der Waals surface area contributed by atoms with E-state index in [-0.39, 0.29) is 18.8 Å². The Morgan fingerprint density at radius 2 is 1.96 bits per heavy atom. The highest BCUT2D eigenvalue weighted by molar-refractivity contribution is 5.80. The predicted molar refractivity (Wildman–Crippen MR) is 89.7 cm³/mol. The maximum absolute atomic E-state index is 12.7. The maximum Gasteiger partial charge on any atom is 0.410 e. The number of hydrogen-bond donors (Lipinski definition) is 2. The zero-order valence-corrected chi connectivity index (χ0v) is 14.2. The van der Waals surface area contributed by atoms with Gasteiger partial charge in [0.2, 0.25) is 0 Å². The number of aromatic nitrogens is 2. The fourth-order valence-corrected chi connectivity index (χ4v) is 3.15. The summed E-state index contributed by atoms with van der Waals surface area (Å²) in [6.07, 6.45) is -0.523. The topological polar surface area (TPSA) is 103 Å². The zero-order chi connectivity index (χ0) is 17.9. The number of nitrogens with two attached hydrogens (primary N) is 1. The van der Waals surface area contributed by atoms with Crippen LogP contribution in [-0.2, 0) is 18.3 Å². The van der Waals surface area contributed by atoms with E-state index in [4.69, 9.17) is 10.5 Å². The Bertz CT molecular complexity index is 877. The van der Waals surface area contributed by atoms with Crippen LogP contribution in [-0.4, -0.2) is 50.0 Å². The van der Waals surface area contributed by atoms with Crippen molar-refractivity contribution >= 4 is 22.8 Å². The van der Waals surface area contributed by atoms with Crippen molar-refractivity contribution in [2.45, 2.75) is 31.6 Å². The van der Waals surface area contributed by atoms with E-state index in [2.05, 4.69) is 0 Å². The van der Waals surface area contributed by atoms with Crippen molar-refractivity contribution in [1.82, 2.24) is 14.0 Å². The molecule has 24 heavy (non-hydrogen) atoms. The molecule has 3 N–H and O–H groups in total. The summed E-state index contributed by atoms with van der Waals surface area (Å²) in [5.74, 6) is 0. The van der Waals surface area contributed by atoms with Crippen LogP contribution in [0.2, 0.25) is 0 Å². The second-order valence-corrected chi connectivity index (χ2v) is 6.95. The molecule has 0 bridgehead atoms. The minimum absolute atomic E-state index is 0.0339. The molecule has 2 heterocycles. The van der Waals surface area contributed by atoms with Crippen molar-refractivity contribution in [3.05, 3.63) is 28.7 Å². The highest BCUT2D eigenvalue weighted by atomic mass is 16.6. The lowest BCUT2D eigenvalue weighted by molar-refractivity contribution is -0.118. The van der Waals surface area contributed by atoms with E-state index in [0.29, 0.717) is 11.2 Å². The summed E-state index contributed by atoms with van der Waals surface area (Å²) in [7, 11) is 3.26. The molecule has 0 radical (unpaired) electrons. The van der Waals surface area contributed by atoms with Gasteiger partial charge in [-0.3, -0.25) is 9.13 Å². The van der Waals surface area contributed by atoms with Crippen LogP contribution in [0.25, 0.3) is 11.0 Å². The lowest BCUT2D eigenvalue weighted by Crippen LogP contribution is -2.56. The molecule has 1 aromatic heterocycles. The smallest absolute Gasteiger partial charge is 0.410 e. The molecule has 1 aromatic carbocycles. The first-order valence-electron chi connectivity index (χ1n) is 7.67. The molecule has 1 atom stereocenters. The zero-order valence-electron chi connectivity index (χ0n) is 14.2. The van der Waals surface area contributed by atoms with Crippen LogP contribution in [0, 0.1) is 0 Å². The van der Waals surface area contributed by atoms with Crippen LogP contribution in [0.4, 0.5) is 10.5 Å². The Hall–Kier alpha value is -2.48. The van der Waals surface area contributed by atoms with Crippen molar-refractivity contribution < 1.29 is 14.6 Å². The van der Waals surface area contributed by atoms with E-state index in [1.165, 1.54) is 14.0 Å². The fourth-order valence-electron chi connectivity index (χ4n) is 3.15. The number of likely N-dealkylation sites (N-methyl/N-ethyl adjacent to an activating group) is 1. The molecule has 1 fully saturated rings. The number of ether oxygens (including phenoxy) is 1. The molecular weight excluding hydrogens is 312 g/mol. The first kappa shape index (κ1) is 16.4. The molecule has 0 saturated carbocycles. The van der Waals surface area contributed by atoms with Gasteiger partial charge in [0.15, 0.2) is 5.60 Å². The monoisotopic (exact) mass is 334 g/mol. The first-order valence-corrected chi connectivity index (χ1v) is 7.67. The molecule has 8 heteroatoms. The highest BCUT2D eigenvalue weighted by Crippen LogP contribution is 2.35. The van der Waals surface area contributed by atoms with E-state index in [1.807, 2.05) is 0 Å². The van der Waals surface area contributed by atoms with Gasteiger partial charge in [0.25, 0.3) is 0 Å². The SMILES string of the molecule is CN1CC(Cn2c(=O)n(C)c3ccc(N)cc32)(C(C)(C)O)OC1=O. The number of aryl methyl sites for hydroxylation is 1. The van der Waals surface area contributed by atoms with Crippen LogP contribution < -0.4 is 11.4 Å². The van der Waals surface area contributed by atoms with E-state index in [9.17, 15) is 14.7 Å². The Balaban J connectivity index is 2.17. The van der Waals surface area contributed by atoms with Gasteiger partial charge in [0.05, 0.1) is 24.1 Å². The Labute approximate surface area is 139 Å². The van der Waals surface area contributed by atoms with Gasteiger partial charge in [0, 0.05) is 19.8 Å². The van der Waals surface area contributed by atoms with E-state index in [0.717, 1.165) is 5.52 Å². The highest BCUT2D eigenvalue weighted by Gasteiger charge is 2.54. The van der Waals surface area contributed by atoms with Crippen LogP contribution in [0.15, 0.2) is 23.0 Å². The molecule has 3 rings (SSSR count). The Morgan fingerprint density at radius 3 is 2.50 bits per heavy atom. The van der Waals surface area contributed by atoms with E-state index in [1.54, 1.807) is 46.1 Å². The van der Waals surface area contributed by atoms with Gasteiger partial charge in [-0.2, -0.15) is 0 Å². The molecule has 1 saturated heterocycles. The lowest BCUT2D eigenvalue weighted by Gasteiger charge is -2.37. The molecular formula is C16H22N4O4. The second kappa shape index (κ2) is 5.01. The number of amides is 1. The van der Waals surface area contributed by atoms with Crippen molar-refractivity contribution in [3.63, 3.8) is 0 Å². The average molecular weight is 334 g/mol. The van der Waals surface area contributed by atoms with Gasteiger partial charge in [-0.15, -0.1) is 0 Å². The molecule has 1 unspecified atom stereocenters. The molecule has 1 aliphatic rings. The van der Waals surface area contributed by atoms with Crippen LogP contribution >= 0.6 is 0 Å². The third-order valence-electron chi connectivity index (χ3n) is 4.78. The van der Waals surface area contributed by atoms with E-state index < -0.39 is 17.3 Å². The summed E-state index contributed by atoms with van der Waals surface area (Å²) in [6, 6.07) is 5.20. The summed E-state index contributed by atoms with van der Waals surface area (Å²) in [5, 5.41) is 10.6. The molecule has 2 aromatic rings. The minimum Gasteiger partial charge on any atom is -0.436 e. The van der Waals surface area contributed by atoms with Gasteiger partial charge >= 0.3 is 11.8 Å². The minimum atomic E-state index is -1.34.